The Bertz CT molecular complexity index is 589. The molecule has 0 aromatic carbocycles. The van der Waals surface area contributed by atoms with Crippen LogP contribution in [0.3, 0.4) is 0 Å². The van der Waals surface area contributed by atoms with Crippen LogP contribution >= 0.6 is 0 Å². The highest BCUT2D eigenvalue weighted by molar-refractivity contribution is 6.10. The molecule has 0 spiro atoms. The topological polar surface area (TPSA) is 74.3 Å². The molecule has 1 aromatic rings. The van der Waals surface area contributed by atoms with Gasteiger partial charge in [0, 0.05) is 13.1 Å². The second kappa shape index (κ2) is 6.89. The Morgan fingerprint density at radius 3 is 2.62 bits per heavy atom. The van der Waals surface area contributed by atoms with Crippen molar-refractivity contribution in [2.24, 2.45) is 5.92 Å². The molecule has 1 atom stereocenters. The van der Waals surface area contributed by atoms with E-state index >= 15 is 0 Å². The van der Waals surface area contributed by atoms with Gasteiger partial charge >= 0.3 is 0 Å². The SMILES string of the molecule is Cc1ccc(/C=C/C(=O)C(C#N)C(=O)N2CCCCC2)o1. The number of amides is 1. The molecule has 1 amide bonds. The molecule has 1 aliphatic heterocycles. The molecule has 1 aromatic heterocycles. The second-order valence-corrected chi connectivity index (χ2v) is 5.13. The van der Waals surface area contributed by atoms with Gasteiger partial charge in [0.05, 0.1) is 6.07 Å². The lowest BCUT2D eigenvalue weighted by atomic mass is 10.0. The highest BCUT2D eigenvalue weighted by atomic mass is 16.3. The third kappa shape index (κ3) is 3.82. The van der Waals surface area contributed by atoms with Crippen LogP contribution in [0.4, 0.5) is 0 Å². The van der Waals surface area contributed by atoms with Gasteiger partial charge < -0.3 is 9.32 Å². The first kappa shape index (κ1) is 15.0. The van der Waals surface area contributed by atoms with Crippen molar-refractivity contribution in [2.45, 2.75) is 26.2 Å². The van der Waals surface area contributed by atoms with E-state index in [1.165, 1.54) is 12.2 Å². The van der Waals surface area contributed by atoms with Crippen LogP contribution in [-0.2, 0) is 9.59 Å². The fourth-order valence-electron chi connectivity index (χ4n) is 2.34. The minimum absolute atomic E-state index is 0.387. The summed E-state index contributed by atoms with van der Waals surface area (Å²) < 4.78 is 5.31. The molecule has 1 unspecified atom stereocenters. The molecular formula is C16H18N2O3. The van der Waals surface area contributed by atoms with Gasteiger partial charge in [-0.2, -0.15) is 5.26 Å². The van der Waals surface area contributed by atoms with Crippen molar-refractivity contribution >= 4 is 17.8 Å². The molecule has 0 radical (unpaired) electrons. The molecular weight excluding hydrogens is 268 g/mol. The number of nitriles is 1. The number of aryl methyl sites for hydroxylation is 1. The number of nitrogens with zero attached hydrogens (tertiary/aromatic N) is 2. The molecule has 110 valence electrons. The Labute approximate surface area is 123 Å². The van der Waals surface area contributed by atoms with E-state index in [2.05, 4.69) is 0 Å². The largest absolute Gasteiger partial charge is 0.462 e. The summed E-state index contributed by atoms with van der Waals surface area (Å²) in [6.07, 6.45) is 5.68. The zero-order valence-electron chi connectivity index (χ0n) is 12.0. The van der Waals surface area contributed by atoms with E-state index in [0.717, 1.165) is 25.0 Å². The number of piperidine rings is 1. The first-order valence-electron chi connectivity index (χ1n) is 7.08. The minimum Gasteiger partial charge on any atom is -0.462 e. The predicted molar refractivity (Wildman–Crippen MR) is 77.0 cm³/mol. The van der Waals surface area contributed by atoms with Gasteiger partial charge in [-0.05, 0) is 50.5 Å². The van der Waals surface area contributed by atoms with Gasteiger partial charge in [-0.25, -0.2) is 0 Å². The van der Waals surface area contributed by atoms with Crippen LogP contribution in [0.15, 0.2) is 22.6 Å². The Balaban J connectivity index is 2.02. The van der Waals surface area contributed by atoms with Crippen LogP contribution in [0.5, 0.6) is 0 Å². The van der Waals surface area contributed by atoms with E-state index in [9.17, 15) is 9.59 Å². The van der Waals surface area contributed by atoms with Gasteiger partial charge in [-0.15, -0.1) is 0 Å². The van der Waals surface area contributed by atoms with Crippen LogP contribution < -0.4 is 0 Å². The molecule has 0 aliphatic carbocycles. The van der Waals surface area contributed by atoms with Crippen LogP contribution in [0.1, 0.15) is 30.8 Å². The number of carbonyl (C=O) groups excluding carboxylic acids is 2. The van der Waals surface area contributed by atoms with E-state index in [4.69, 9.17) is 9.68 Å². The summed E-state index contributed by atoms with van der Waals surface area (Å²) in [6, 6.07) is 5.33. The Kier molecular flexibility index (Phi) is 4.94. The number of hydrogen-bond acceptors (Lipinski definition) is 4. The second-order valence-electron chi connectivity index (χ2n) is 5.13. The summed E-state index contributed by atoms with van der Waals surface area (Å²) in [5.74, 6) is -0.869. The number of hydrogen-bond donors (Lipinski definition) is 0. The molecule has 2 rings (SSSR count). The van der Waals surface area contributed by atoms with Gasteiger partial charge in [0.25, 0.3) is 0 Å². The lowest BCUT2D eigenvalue weighted by molar-refractivity contribution is -0.138. The summed E-state index contributed by atoms with van der Waals surface area (Å²) >= 11 is 0. The summed E-state index contributed by atoms with van der Waals surface area (Å²) in [6.45, 7) is 3.06. The zero-order chi connectivity index (χ0) is 15.2. The number of rotatable bonds is 4. The Morgan fingerprint density at radius 1 is 1.33 bits per heavy atom. The van der Waals surface area contributed by atoms with Gasteiger partial charge in [0.2, 0.25) is 5.91 Å². The van der Waals surface area contributed by atoms with Crippen LogP contribution in [0.25, 0.3) is 6.08 Å². The highest BCUT2D eigenvalue weighted by Gasteiger charge is 2.29. The molecule has 1 saturated heterocycles. The lowest BCUT2D eigenvalue weighted by Gasteiger charge is -2.27. The van der Waals surface area contributed by atoms with Crippen LogP contribution in [-0.4, -0.2) is 29.7 Å². The van der Waals surface area contributed by atoms with Crippen molar-refractivity contribution in [2.75, 3.05) is 13.1 Å². The smallest absolute Gasteiger partial charge is 0.247 e. The van der Waals surface area contributed by atoms with Gasteiger partial charge in [-0.1, -0.05) is 0 Å². The molecule has 0 saturated carbocycles. The first-order chi connectivity index (χ1) is 10.1. The monoisotopic (exact) mass is 286 g/mol. The molecule has 0 bridgehead atoms. The van der Waals surface area contributed by atoms with Gasteiger partial charge in [0.15, 0.2) is 11.7 Å². The molecule has 1 aliphatic rings. The molecule has 0 N–H and O–H groups in total. The van der Waals surface area contributed by atoms with Crippen molar-refractivity contribution in [3.63, 3.8) is 0 Å². The number of likely N-dealkylation sites (tertiary alicyclic amines) is 1. The Hall–Kier alpha value is -2.35. The Morgan fingerprint density at radius 2 is 2.05 bits per heavy atom. The third-order valence-corrected chi connectivity index (χ3v) is 3.50. The number of allylic oxidation sites excluding steroid dienone is 1. The summed E-state index contributed by atoms with van der Waals surface area (Å²) in [5.41, 5.74) is 0. The van der Waals surface area contributed by atoms with E-state index in [1.807, 2.05) is 6.07 Å². The normalized spacial score (nSPS) is 16.7. The van der Waals surface area contributed by atoms with Crippen molar-refractivity contribution in [3.8, 4) is 6.07 Å². The maximum Gasteiger partial charge on any atom is 0.247 e. The molecule has 2 heterocycles. The summed E-state index contributed by atoms with van der Waals surface area (Å²) in [4.78, 5) is 25.9. The highest BCUT2D eigenvalue weighted by Crippen LogP contribution is 2.14. The zero-order valence-corrected chi connectivity index (χ0v) is 12.0. The van der Waals surface area contributed by atoms with Crippen LogP contribution in [0, 0.1) is 24.2 Å². The summed E-state index contributed by atoms with van der Waals surface area (Å²) in [7, 11) is 0. The van der Waals surface area contributed by atoms with Crippen molar-refractivity contribution < 1.29 is 14.0 Å². The van der Waals surface area contributed by atoms with E-state index in [1.54, 1.807) is 24.0 Å². The predicted octanol–water partition coefficient (Wildman–Crippen LogP) is 2.32. The van der Waals surface area contributed by atoms with Gasteiger partial charge in [0.1, 0.15) is 11.5 Å². The number of carbonyl (C=O) groups is 2. The van der Waals surface area contributed by atoms with Crippen molar-refractivity contribution in [1.82, 2.24) is 4.90 Å². The molecule has 5 nitrogen and oxygen atoms in total. The van der Waals surface area contributed by atoms with Crippen molar-refractivity contribution in [1.29, 1.82) is 5.26 Å². The number of ketones is 1. The maximum atomic E-state index is 12.2. The molecule has 5 heteroatoms. The van der Waals surface area contributed by atoms with E-state index < -0.39 is 11.7 Å². The summed E-state index contributed by atoms with van der Waals surface area (Å²) in [5, 5.41) is 9.12. The fourth-order valence-corrected chi connectivity index (χ4v) is 2.34. The fraction of sp³-hybridized carbons (Fsp3) is 0.438. The van der Waals surface area contributed by atoms with Crippen molar-refractivity contribution in [3.05, 3.63) is 29.7 Å². The third-order valence-electron chi connectivity index (χ3n) is 3.50. The number of furan rings is 1. The average molecular weight is 286 g/mol. The van der Waals surface area contributed by atoms with Crippen LogP contribution in [0.2, 0.25) is 0 Å². The lowest BCUT2D eigenvalue weighted by Crippen LogP contribution is -2.41. The minimum atomic E-state index is -1.25. The first-order valence-corrected chi connectivity index (χ1v) is 7.08. The average Bonchev–Trinajstić information content (AvgIpc) is 2.92. The van der Waals surface area contributed by atoms with E-state index in [0.29, 0.717) is 18.8 Å². The van der Waals surface area contributed by atoms with Gasteiger partial charge in [-0.3, -0.25) is 9.59 Å². The standard InChI is InChI=1S/C16H18N2O3/c1-12-5-6-13(21-12)7-8-15(19)14(11-17)16(20)18-9-3-2-4-10-18/h5-8,14H,2-4,9-10H2,1H3/b8-7+. The molecule has 1 fully saturated rings. The maximum absolute atomic E-state index is 12.2. The molecule has 21 heavy (non-hydrogen) atoms. The van der Waals surface area contributed by atoms with E-state index in [-0.39, 0.29) is 5.91 Å². The quantitative estimate of drug-likeness (QED) is 0.629.